The van der Waals surface area contributed by atoms with Gasteiger partial charge < -0.3 is 10.0 Å². The average Bonchev–Trinajstić information content (AvgIpc) is 2.97. The molecule has 2 rings (SSSR count). The van der Waals surface area contributed by atoms with Crippen molar-refractivity contribution in [2.24, 2.45) is 0 Å². The summed E-state index contributed by atoms with van der Waals surface area (Å²) in [6, 6.07) is 7.00. The quantitative estimate of drug-likeness (QED) is 0.828. The third kappa shape index (κ3) is 5.83. The maximum absolute atomic E-state index is 12.6. The molecule has 0 saturated carbocycles. The molecule has 0 aliphatic carbocycles. The van der Waals surface area contributed by atoms with E-state index in [1.54, 1.807) is 24.3 Å². The van der Waals surface area contributed by atoms with Crippen LogP contribution in [0.15, 0.2) is 29.6 Å². The maximum atomic E-state index is 12.6. The predicted octanol–water partition coefficient (Wildman–Crippen LogP) is 3.75. The summed E-state index contributed by atoms with van der Waals surface area (Å²) in [4.78, 5) is 29.5. The first kappa shape index (κ1) is 19.4. The Morgan fingerprint density at radius 3 is 2.40 bits per heavy atom. The molecule has 0 aliphatic heterocycles. The van der Waals surface area contributed by atoms with Crippen molar-refractivity contribution in [2.75, 3.05) is 6.54 Å². The van der Waals surface area contributed by atoms with Gasteiger partial charge >= 0.3 is 5.97 Å². The first-order valence-corrected chi connectivity index (χ1v) is 9.10. The van der Waals surface area contributed by atoms with Crippen LogP contribution in [-0.2, 0) is 28.0 Å². The summed E-state index contributed by atoms with van der Waals surface area (Å²) in [5.41, 5.74) is 1.43. The zero-order chi connectivity index (χ0) is 18.6. The van der Waals surface area contributed by atoms with E-state index in [4.69, 9.17) is 16.7 Å². The number of aromatic nitrogens is 1. The molecule has 1 aromatic heterocycles. The average molecular weight is 381 g/mol. The number of carbonyl (C=O) groups is 2. The van der Waals surface area contributed by atoms with Gasteiger partial charge in [-0.15, -0.1) is 11.3 Å². The minimum Gasteiger partial charge on any atom is -0.480 e. The van der Waals surface area contributed by atoms with E-state index >= 15 is 0 Å². The van der Waals surface area contributed by atoms with Crippen LogP contribution in [0.25, 0.3) is 0 Å². The second-order valence-electron chi connectivity index (χ2n) is 6.84. The first-order valence-electron chi connectivity index (χ1n) is 7.84. The SMILES string of the molecule is CC(C)(C)c1nc(CC(=O)N(CC(=O)O)Cc2ccc(Cl)cc2)cs1. The summed E-state index contributed by atoms with van der Waals surface area (Å²) in [5, 5.41) is 12.5. The van der Waals surface area contributed by atoms with E-state index < -0.39 is 5.97 Å². The lowest BCUT2D eigenvalue weighted by molar-refractivity contribution is -0.144. The van der Waals surface area contributed by atoms with Crippen LogP contribution < -0.4 is 0 Å². The van der Waals surface area contributed by atoms with E-state index in [-0.39, 0.29) is 30.8 Å². The Kier molecular flexibility index (Phi) is 6.19. The number of benzene rings is 1. The molecule has 0 spiro atoms. The number of rotatable bonds is 6. The molecular weight excluding hydrogens is 360 g/mol. The number of carboxylic acids is 1. The van der Waals surface area contributed by atoms with Crippen molar-refractivity contribution in [2.45, 2.75) is 39.2 Å². The van der Waals surface area contributed by atoms with E-state index in [1.807, 2.05) is 5.38 Å². The molecule has 0 aliphatic rings. The number of carboxylic acid groups (broad SMARTS) is 1. The van der Waals surface area contributed by atoms with E-state index in [1.165, 1.54) is 16.2 Å². The van der Waals surface area contributed by atoms with Gasteiger partial charge in [-0.3, -0.25) is 9.59 Å². The first-order chi connectivity index (χ1) is 11.6. The van der Waals surface area contributed by atoms with Gasteiger partial charge in [0.1, 0.15) is 6.54 Å². The normalized spacial score (nSPS) is 11.4. The van der Waals surface area contributed by atoms with E-state index in [0.717, 1.165) is 10.6 Å². The van der Waals surface area contributed by atoms with Crippen molar-refractivity contribution in [1.29, 1.82) is 0 Å². The largest absolute Gasteiger partial charge is 0.480 e. The summed E-state index contributed by atoms with van der Waals surface area (Å²) in [7, 11) is 0. The second kappa shape index (κ2) is 7.97. The van der Waals surface area contributed by atoms with Gasteiger partial charge in [0.15, 0.2) is 0 Å². The molecule has 1 heterocycles. The molecule has 1 aromatic carbocycles. The van der Waals surface area contributed by atoms with Crippen LogP contribution in [0.1, 0.15) is 37.0 Å². The number of thiazole rings is 1. The Morgan fingerprint density at radius 1 is 1.24 bits per heavy atom. The highest BCUT2D eigenvalue weighted by Crippen LogP contribution is 2.26. The molecule has 5 nitrogen and oxygen atoms in total. The van der Waals surface area contributed by atoms with Crippen molar-refractivity contribution in [3.05, 3.63) is 50.9 Å². The highest BCUT2D eigenvalue weighted by atomic mass is 35.5. The number of amides is 1. The fourth-order valence-corrected chi connectivity index (χ4v) is 3.24. The molecule has 0 unspecified atom stereocenters. The molecule has 0 atom stereocenters. The molecular formula is C18H21ClN2O3S. The van der Waals surface area contributed by atoms with E-state index in [9.17, 15) is 9.59 Å². The molecule has 0 saturated heterocycles. The highest BCUT2D eigenvalue weighted by Gasteiger charge is 2.22. The zero-order valence-corrected chi connectivity index (χ0v) is 16.0. The molecule has 0 radical (unpaired) electrons. The summed E-state index contributed by atoms with van der Waals surface area (Å²) in [6.45, 7) is 6.06. The summed E-state index contributed by atoms with van der Waals surface area (Å²) < 4.78 is 0. The Labute approximate surface area is 156 Å². The minimum atomic E-state index is -1.05. The van der Waals surface area contributed by atoms with Gasteiger partial charge in [-0.1, -0.05) is 44.5 Å². The van der Waals surface area contributed by atoms with Gasteiger partial charge in [-0.05, 0) is 17.7 Å². The van der Waals surface area contributed by atoms with Crippen LogP contribution in [0.4, 0.5) is 0 Å². The van der Waals surface area contributed by atoms with Crippen LogP contribution in [0.3, 0.4) is 0 Å². The molecule has 7 heteroatoms. The smallest absolute Gasteiger partial charge is 0.323 e. The second-order valence-corrected chi connectivity index (χ2v) is 8.14. The Morgan fingerprint density at radius 2 is 1.88 bits per heavy atom. The molecule has 0 bridgehead atoms. The van der Waals surface area contributed by atoms with Crippen molar-refractivity contribution < 1.29 is 14.7 Å². The molecule has 1 N–H and O–H groups in total. The summed E-state index contributed by atoms with van der Waals surface area (Å²) >= 11 is 7.38. The Hall–Kier alpha value is -1.92. The Bertz CT molecular complexity index is 750. The molecule has 134 valence electrons. The summed E-state index contributed by atoms with van der Waals surface area (Å²) in [5.74, 6) is -1.31. The number of aliphatic carboxylic acids is 1. The lowest BCUT2D eigenvalue weighted by atomic mass is 9.98. The molecule has 0 fully saturated rings. The van der Waals surface area contributed by atoms with Crippen LogP contribution >= 0.6 is 22.9 Å². The van der Waals surface area contributed by atoms with Gasteiger partial charge in [-0.2, -0.15) is 0 Å². The molecule has 1 amide bonds. The van der Waals surface area contributed by atoms with Gasteiger partial charge in [0.2, 0.25) is 5.91 Å². The fourth-order valence-electron chi connectivity index (χ4n) is 2.21. The topological polar surface area (TPSA) is 70.5 Å². The van der Waals surface area contributed by atoms with Crippen LogP contribution in [0, 0.1) is 0 Å². The number of hydrogen-bond donors (Lipinski definition) is 1. The zero-order valence-electron chi connectivity index (χ0n) is 14.5. The van der Waals surface area contributed by atoms with Gasteiger partial charge in [0.05, 0.1) is 17.1 Å². The molecule has 2 aromatic rings. The van der Waals surface area contributed by atoms with E-state index in [2.05, 4.69) is 25.8 Å². The third-order valence-corrected chi connectivity index (χ3v) is 5.06. The monoisotopic (exact) mass is 380 g/mol. The van der Waals surface area contributed by atoms with Gasteiger partial charge in [0.25, 0.3) is 0 Å². The molecule has 25 heavy (non-hydrogen) atoms. The number of halogens is 1. The fraction of sp³-hybridized carbons (Fsp3) is 0.389. The third-order valence-electron chi connectivity index (χ3n) is 3.49. The van der Waals surface area contributed by atoms with Crippen molar-refractivity contribution in [3.8, 4) is 0 Å². The minimum absolute atomic E-state index is 0.0734. The van der Waals surface area contributed by atoms with Gasteiger partial charge in [0, 0.05) is 22.4 Å². The van der Waals surface area contributed by atoms with Crippen LogP contribution in [0.5, 0.6) is 0 Å². The lowest BCUT2D eigenvalue weighted by Crippen LogP contribution is -2.36. The number of hydrogen-bond acceptors (Lipinski definition) is 4. The van der Waals surface area contributed by atoms with Crippen LogP contribution in [0.2, 0.25) is 5.02 Å². The van der Waals surface area contributed by atoms with Crippen LogP contribution in [-0.4, -0.2) is 33.4 Å². The Balaban J connectivity index is 2.11. The van der Waals surface area contributed by atoms with Crippen molar-refractivity contribution >= 4 is 34.8 Å². The van der Waals surface area contributed by atoms with Crippen molar-refractivity contribution in [1.82, 2.24) is 9.88 Å². The standard InChI is InChI=1S/C18H21ClN2O3S/c1-18(2,3)17-20-14(11-25-17)8-15(22)21(10-16(23)24)9-12-4-6-13(19)7-5-12/h4-7,11H,8-10H2,1-3H3,(H,23,24). The van der Waals surface area contributed by atoms with Crippen molar-refractivity contribution in [3.63, 3.8) is 0 Å². The van der Waals surface area contributed by atoms with E-state index in [0.29, 0.717) is 10.7 Å². The highest BCUT2D eigenvalue weighted by molar-refractivity contribution is 7.09. The number of carbonyl (C=O) groups excluding carboxylic acids is 1. The number of nitrogens with zero attached hydrogens (tertiary/aromatic N) is 2. The maximum Gasteiger partial charge on any atom is 0.323 e. The lowest BCUT2D eigenvalue weighted by Gasteiger charge is -2.20. The summed E-state index contributed by atoms with van der Waals surface area (Å²) in [6.07, 6.45) is 0.0907. The predicted molar refractivity (Wildman–Crippen MR) is 99.0 cm³/mol. The van der Waals surface area contributed by atoms with Gasteiger partial charge in [-0.25, -0.2) is 4.98 Å².